The molecule has 0 fully saturated rings. The van der Waals surface area contributed by atoms with Gasteiger partial charge in [0.15, 0.2) is 0 Å². The van der Waals surface area contributed by atoms with Gasteiger partial charge in [0.25, 0.3) is 0 Å². The van der Waals surface area contributed by atoms with E-state index in [1.807, 2.05) is 0 Å². The fourth-order valence-electron chi connectivity index (χ4n) is 0. The summed E-state index contributed by atoms with van der Waals surface area (Å²) in [6.07, 6.45) is 0. The second-order valence-electron chi connectivity index (χ2n) is 1.03. The number of hydrogen-bond donors (Lipinski definition) is 6. The van der Waals surface area contributed by atoms with E-state index < -0.39 is 15.6 Å². The molecule has 0 spiro atoms. The van der Waals surface area contributed by atoms with E-state index in [1.54, 1.807) is 0 Å². The predicted octanol–water partition coefficient (Wildman–Crippen LogP) is -7.63. The van der Waals surface area contributed by atoms with E-state index in [9.17, 15) is 0 Å². The summed E-state index contributed by atoms with van der Waals surface area (Å²) in [7, 11) is -9.28. The van der Waals surface area contributed by atoms with Crippen LogP contribution in [0.5, 0.6) is 0 Å². The molecular formula is H8FeLi2O8P2V. The molecule has 0 rings (SSSR count). The average Bonchev–Trinajstić information content (AvgIpc) is 1.12. The molecule has 0 heterocycles. The fraction of sp³-hybridized carbons (Fsp3) is 0. The molecule has 81 valence electrons. The molecule has 0 saturated carbocycles. The van der Waals surface area contributed by atoms with Crippen molar-refractivity contribution in [1.29, 1.82) is 0 Å². The van der Waals surface area contributed by atoms with Gasteiger partial charge in [0, 0.05) is 35.6 Å². The van der Waals surface area contributed by atoms with Crippen LogP contribution in [0.4, 0.5) is 0 Å². The van der Waals surface area contributed by atoms with E-state index in [1.165, 1.54) is 0 Å². The topological polar surface area (TPSA) is 156 Å². The van der Waals surface area contributed by atoms with Crippen LogP contribution in [0, 0.1) is 0 Å². The molecule has 0 unspecified atom stereocenters. The average molecular weight is 319 g/mol. The monoisotopic (exact) mass is 319 g/mol. The van der Waals surface area contributed by atoms with Gasteiger partial charge >= 0.3 is 53.4 Å². The fourth-order valence-corrected chi connectivity index (χ4v) is 0. The Morgan fingerprint density at radius 2 is 0.714 bits per heavy atom. The quantitative estimate of drug-likeness (QED) is 0.190. The molecule has 0 amide bonds. The minimum atomic E-state index is -4.64. The van der Waals surface area contributed by atoms with Crippen LogP contribution >= 0.6 is 15.6 Å². The smallest absolute Gasteiger partial charge is 1.00 e. The Morgan fingerprint density at radius 1 is 0.714 bits per heavy atom. The Labute approximate surface area is 129 Å². The van der Waals surface area contributed by atoms with Gasteiger partial charge in [-0.05, 0) is 0 Å². The molecule has 1 radical (unpaired) electrons. The zero-order chi connectivity index (χ0) is 9.00. The van der Waals surface area contributed by atoms with Crippen LogP contribution < -0.4 is 37.7 Å². The second kappa shape index (κ2) is 15.5. The molecular weight excluding hydrogens is 311 g/mol. The van der Waals surface area contributed by atoms with Crippen LogP contribution in [-0.2, 0) is 44.8 Å². The van der Waals surface area contributed by atoms with Gasteiger partial charge in [-0.15, -0.1) is 0 Å². The Bertz CT molecular complexity index is 146. The summed E-state index contributed by atoms with van der Waals surface area (Å²) in [5, 5.41) is 0. The van der Waals surface area contributed by atoms with Crippen molar-refractivity contribution in [3.8, 4) is 0 Å². The molecule has 0 saturated heterocycles. The van der Waals surface area contributed by atoms with E-state index in [4.69, 9.17) is 38.5 Å². The van der Waals surface area contributed by atoms with E-state index in [0.717, 1.165) is 0 Å². The third-order valence-corrected chi connectivity index (χ3v) is 0. The maximum atomic E-state index is 8.88. The van der Waals surface area contributed by atoms with Crippen molar-refractivity contribution in [2.45, 2.75) is 0 Å². The first-order chi connectivity index (χ1) is 4.00. The number of phosphoric acid groups is 2. The van der Waals surface area contributed by atoms with Crippen molar-refractivity contribution < 1.29 is 115 Å². The van der Waals surface area contributed by atoms with Crippen LogP contribution in [0.1, 0.15) is 2.85 Å². The van der Waals surface area contributed by atoms with Crippen molar-refractivity contribution in [3.63, 3.8) is 0 Å². The molecule has 14 heteroatoms. The predicted molar refractivity (Wildman–Crippen MR) is 30.7 cm³/mol. The SMILES string of the molecule is O=P(O)(O)O.O=P(O)(O)O.[Fe].[H-].[H-].[Li+].[Li+].[V]. The molecule has 0 atom stereocenters. The molecule has 0 aliphatic carbocycles. The molecule has 0 aliphatic rings. The molecule has 0 aromatic carbocycles. The van der Waals surface area contributed by atoms with E-state index in [-0.39, 0.29) is 76.2 Å². The minimum absolute atomic E-state index is 0. The van der Waals surface area contributed by atoms with Gasteiger partial charge in [-0.1, -0.05) is 0 Å². The summed E-state index contributed by atoms with van der Waals surface area (Å²) in [6, 6.07) is 0. The van der Waals surface area contributed by atoms with Gasteiger partial charge in [0.05, 0.1) is 0 Å². The normalized spacial score (nSPS) is 8.43. The van der Waals surface area contributed by atoms with Crippen LogP contribution in [0.2, 0.25) is 0 Å². The third-order valence-electron chi connectivity index (χ3n) is 0. The van der Waals surface area contributed by atoms with Crippen LogP contribution in [-0.4, -0.2) is 29.4 Å². The first-order valence-electron chi connectivity index (χ1n) is 1.57. The molecule has 14 heavy (non-hydrogen) atoms. The summed E-state index contributed by atoms with van der Waals surface area (Å²) in [5.41, 5.74) is 0. The standard InChI is InChI=1S/Fe.2Li.2H3O4P.V.2H/c;;;2*1-5(2,3)4;;;/h;;;2*(H3,1,2,3,4);;;/q;2*+1;;;;2*-1. The van der Waals surface area contributed by atoms with Crippen molar-refractivity contribution in [1.82, 2.24) is 0 Å². The first-order valence-corrected chi connectivity index (χ1v) is 4.70. The summed E-state index contributed by atoms with van der Waals surface area (Å²) < 4.78 is 17.8. The van der Waals surface area contributed by atoms with Crippen LogP contribution in [0.15, 0.2) is 0 Å². The summed E-state index contributed by atoms with van der Waals surface area (Å²) in [5.74, 6) is 0. The van der Waals surface area contributed by atoms with Gasteiger partial charge in [0.1, 0.15) is 0 Å². The Hall–Kier alpha value is 2.52. The zero-order valence-corrected chi connectivity index (χ0v) is 11.5. The Balaban J connectivity index is -0.00000000970. The second-order valence-corrected chi connectivity index (χ2v) is 3.08. The third kappa shape index (κ3) is 418. The Kier molecular flexibility index (Phi) is 39.9. The summed E-state index contributed by atoms with van der Waals surface area (Å²) in [6.45, 7) is 0. The number of hydrogen-bond acceptors (Lipinski definition) is 2. The van der Waals surface area contributed by atoms with Gasteiger partial charge in [-0.25, -0.2) is 9.13 Å². The molecule has 0 aromatic heterocycles. The minimum Gasteiger partial charge on any atom is -1.00 e. The van der Waals surface area contributed by atoms with Gasteiger partial charge in [-0.2, -0.15) is 0 Å². The Morgan fingerprint density at radius 3 is 0.714 bits per heavy atom. The first kappa shape index (κ1) is 36.0. The van der Waals surface area contributed by atoms with Crippen molar-refractivity contribution in [2.24, 2.45) is 0 Å². The van der Waals surface area contributed by atoms with Crippen molar-refractivity contribution in [2.75, 3.05) is 0 Å². The zero-order valence-electron chi connectivity index (χ0n) is 9.19. The largest absolute Gasteiger partial charge is 1.00 e. The molecule has 0 aliphatic heterocycles. The molecule has 6 N–H and O–H groups in total. The maximum Gasteiger partial charge on any atom is 1.00 e. The summed E-state index contributed by atoms with van der Waals surface area (Å²) >= 11 is 0. The molecule has 0 aromatic rings. The molecule has 0 bridgehead atoms. The maximum absolute atomic E-state index is 8.88. The van der Waals surface area contributed by atoms with Crippen molar-refractivity contribution >= 4 is 15.6 Å². The molecule has 8 nitrogen and oxygen atoms in total. The number of rotatable bonds is 0. The van der Waals surface area contributed by atoms with E-state index in [2.05, 4.69) is 0 Å². The van der Waals surface area contributed by atoms with Gasteiger partial charge < -0.3 is 32.2 Å². The van der Waals surface area contributed by atoms with Gasteiger partial charge in [0.2, 0.25) is 0 Å². The van der Waals surface area contributed by atoms with Crippen LogP contribution in [0.3, 0.4) is 0 Å². The van der Waals surface area contributed by atoms with E-state index >= 15 is 0 Å². The van der Waals surface area contributed by atoms with E-state index in [0.29, 0.717) is 0 Å². The summed E-state index contributed by atoms with van der Waals surface area (Å²) in [4.78, 5) is 43.1. The van der Waals surface area contributed by atoms with Gasteiger partial charge in [-0.3, -0.25) is 0 Å². The van der Waals surface area contributed by atoms with Crippen LogP contribution in [0.25, 0.3) is 0 Å². The van der Waals surface area contributed by atoms with Crippen molar-refractivity contribution in [3.05, 3.63) is 0 Å².